The van der Waals surface area contributed by atoms with Crippen LogP contribution in [0.3, 0.4) is 0 Å². The van der Waals surface area contributed by atoms with Gasteiger partial charge in [-0.25, -0.2) is 0 Å². The number of piperidine rings is 1. The second-order valence-electron chi connectivity index (χ2n) is 6.95. The first-order valence-electron chi connectivity index (χ1n) is 9.05. The van der Waals surface area contributed by atoms with Gasteiger partial charge in [0.05, 0.1) is 5.56 Å². The summed E-state index contributed by atoms with van der Waals surface area (Å²) in [6.45, 7) is 2.18. The van der Waals surface area contributed by atoms with E-state index < -0.39 is 0 Å². The minimum absolute atomic E-state index is 0.0568. The van der Waals surface area contributed by atoms with E-state index in [1.165, 1.54) is 0 Å². The lowest BCUT2D eigenvalue weighted by molar-refractivity contribution is 0.0637. The molecule has 1 aromatic carbocycles. The number of hydrogen-bond donors (Lipinski definition) is 0. The van der Waals surface area contributed by atoms with Gasteiger partial charge in [0.15, 0.2) is 5.58 Å². The average molecular weight is 385 g/mol. The van der Waals surface area contributed by atoms with Crippen molar-refractivity contribution in [1.82, 2.24) is 19.9 Å². The van der Waals surface area contributed by atoms with Gasteiger partial charge < -0.3 is 9.42 Å². The molecule has 1 saturated heterocycles. The third-order valence-corrected chi connectivity index (χ3v) is 5.42. The number of fused-ring (bicyclic) bond motifs is 1. The summed E-state index contributed by atoms with van der Waals surface area (Å²) in [5, 5.41) is 5.84. The molecular weight excluding hydrogens is 364 g/mol. The Morgan fingerprint density at radius 3 is 2.89 bits per heavy atom. The van der Waals surface area contributed by atoms with Crippen LogP contribution in [0.4, 0.5) is 0 Å². The molecule has 1 fully saturated rings. The minimum atomic E-state index is 0.0568. The van der Waals surface area contributed by atoms with E-state index in [-0.39, 0.29) is 5.91 Å². The summed E-state index contributed by atoms with van der Waals surface area (Å²) >= 11 is 6.10. The number of carbonyl (C=O) groups is 1. The van der Waals surface area contributed by atoms with Crippen molar-refractivity contribution in [3.05, 3.63) is 59.0 Å². The molecular formula is C20H21ClN4O2. The van der Waals surface area contributed by atoms with Crippen LogP contribution in [0.15, 0.2) is 47.2 Å². The number of amides is 1. The summed E-state index contributed by atoms with van der Waals surface area (Å²) < 4.78 is 5.40. The maximum absolute atomic E-state index is 12.5. The minimum Gasteiger partial charge on any atom is -0.356 e. The van der Waals surface area contributed by atoms with Gasteiger partial charge in [-0.2, -0.15) is 0 Å². The van der Waals surface area contributed by atoms with E-state index in [0.29, 0.717) is 23.2 Å². The Labute approximate surface area is 162 Å². The molecule has 3 heterocycles. The molecule has 27 heavy (non-hydrogen) atoms. The van der Waals surface area contributed by atoms with Gasteiger partial charge in [0, 0.05) is 48.5 Å². The number of pyridine rings is 1. The van der Waals surface area contributed by atoms with Crippen LogP contribution in [0.5, 0.6) is 0 Å². The highest BCUT2D eigenvalue weighted by molar-refractivity contribution is 6.31. The van der Waals surface area contributed by atoms with Crippen LogP contribution in [-0.2, 0) is 6.54 Å². The number of benzene rings is 1. The molecule has 0 saturated carbocycles. The Balaban J connectivity index is 1.38. The zero-order chi connectivity index (χ0) is 18.8. The summed E-state index contributed by atoms with van der Waals surface area (Å²) in [6, 6.07) is 9.55. The molecule has 0 spiro atoms. The van der Waals surface area contributed by atoms with Crippen LogP contribution in [0, 0.1) is 0 Å². The second kappa shape index (κ2) is 7.66. The van der Waals surface area contributed by atoms with Crippen LogP contribution in [0.1, 0.15) is 28.9 Å². The van der Waals surface area contributed by atoms with E-state index in [1.54, 1.807) is 24.5 Å². The number of halogens is 1. The summed E-state index contributed by atoms with van der Waals surface area (Å²) in [4.78, 5) is 20.8. The Bertz CT molecular complexity index is 936. The molecule has 140 valence electrons. The summed E-state index contributed by atoms with van der Waals surface area (Å²) in [5.74, 6) is 0.0568. The van der Waals surface area contributed by atoms with Crippen LogP contribution in [-0.4, -0.2) is 52.0 Å². The number of aromatic nitrogens is 2. The number of nitrogens with zero attached hydrogens (tertiary/aromatic N) is 4. The molecule has 4 rings (SSSR count). The summed E-state index contributed by atoms with van der Waals surface area (Å²) in [6.07, 6.45) is 5.16. The van der Waals surface area contributed by atoms with Gasteiger partial charge in [-0.15, -0.1) is 0 Å². The van der Waals surface area contributed by atoms with Crippen molar-refractivity contribution in [3.63, 3.8) is 0 Å². The van der Waals surface area contributed by atoms with E-state index in [1.807, 2.05) is 23.1 Å². The highest BCUT2D eigenvalue weighted by Crippen LogP contribution is 2.25. The Morgan fingerprint density at radius 2 is 2.15 bits per heavy atom. The van der Waals surface area contributed by atoms with Gasteiger partial charge in [0.25, 0.3) is 5.91 Å². The highest BCUT2D eigenvalue weighted by atomic mass is 35.5. The molecule has 0 radical (unpaired) electrons. The van der Waals surface area contributed by atoms with Crippen molar-refractivity contribution in [2.45, 2.75) is 25.4 Å². The Hall–Kier alpha value is -2.44. The predicted molar refractivity (Wildman–Crippen MR) is 104 cm³/mol. The van der Waals surface area contributed by atoms with Crippen LogP contribution < -0.4 is 0 Å². The van der Waals surface area contributed by atoms with Gasteiger partial charge in [-0.3, -0.25) is 14.7 Å². The number of likely N-dealkylation sites (tertiary alicyclic amines) is 1. The first kappa shape index (κ1) is 17.9. The molecule has 2 aromatic heterocycles. The van der Waals surface area contributed by atoms with Crippen molar-refractivity contribution < 1.29 is 9.32 Å². The largest absolute Gasteiger partial charge is 0.356 e. The summed E-state index contributed by atoms with van der Waals surface area (Å²) in [7, 11) is 2.09. The van der Waals surface area contributed by atoms with Crippen molar-refractivity contribution in [2.24, 2.45) is 0 Å². The van der Waals surface area contributed by atoms with Crippen molar-refractivity contribution in [3.8, 4) is 0 Å². The molecule has 7 heteroatoms. The van der Waals surface area contributed by atoms with E-state index in [4.69, 9.17) is 16.1 Å². The fraction of sp³-hybridized carbons (Fsp3) is 0.350. The summed E-state index contributed by atoms with van der Waals surface area (Å²) in [5.41, 5.74) is 2.29. The first-order chi connectivity index (χ1) is 13.1. The molecule has 1 aliphatic heterocycles. The molecule has 1 aliphatic rings. The lowest BCUT2D eigenvalue weighted by atomic mass is 10.0. The second-order valence-corrected chi connectivity index (χ2v) is 7.39. The maximum Gasteiger partial charge on any atom is 0.255 e. The standard InChI is InChI=1S/C20H21ClN4O2/c1-24(13-18-17-11-15(21)4-5-19(17)27-23-18)16-6-9-25(10-7-16)20(26)14-3-2-8-22-12-14/h2-5,8,11-12,16H,6-7,9-10,13H2,1H3. The van der Waals surface area contributed by atoms with E-state index in [2.05, 4.69) is 22.1 Å². The quantitative estimate of drug-likeness (QED) is 0.687. The molecule has 6 nitrogen and oxygen atoms in total. The van der Waals surface area contributed by atoms with Crippen molar-refractivity contribution >= 4 is 28.5 Å². The van der Waals surface area contributed by atoms with E-state index in [0.717, 1.165) is 42.6 Å². The smallest absolute Gasteiger partial charge is 0.255 e. The number of hydrogen-bond acceptors (Lipinski definition) is 5. The highest BCUT2D eigenvalue weighted by Gasteiger charge is 2.26. The molecule has 3 aromatic rings. The predicted octanol–water partition coefficient (Wildman–Crippen LogP) is 3.61. The fourth-order valence-electron chi connectivity index (χ4n) is 3.62. The molecule has 0 aliphatic carbocycles. The molecule has 0 bridgehead atoms. The fourth-order valence-corrected chi connectivity index (χ4v) is 3.79. The third kappa shape index (κ3) is 3.82. The van der Waals surface area contributed by atoms with Gasteiger partial charge in [-0.1, -0.05) is 16.8 Å². The van der Waals surface area contributed by atoms with Gasteiger partial charge in [-0.05, 0) is 50.2 Å². The van der Waals surface area contributed by atoms with Crippen LogP contribution in [0.25, 0.3) is 11.0 Å². The van der Waals surface area contributed by atoms with Gasteiger partial charge in [0.1, 0.15) is 5.69 Å². The molecule has 1 amide bonds. The monoisotopic (exact) mass is 384 g/mol. The van der Waals surface area contributed by atoms with Crippen LogP contribution >= 0.6 is 11.6 Å². The van der Waals surface area contributed by atoms with Gasteiger partial charge >= 0.3 is 0 Å². The molecule has 0 atom stereocenters. The number of carbonyl (C=O) groups excluding carboxylic acids is 1. The number of rotatable bonds is 4. The Kier molecular flexibility index (Phi) is 5.09. The molecule has 0 N–H and O–H groups in total. The third-order valence-electron chi connectivity index (χ3n) is 5.19. The first-order valence-corrected chi connectivity index (χ1v) is 9.43. The Morgan fingerprint density at radius 1 is 1.33 bits per heavy atom. The van der Waals surface area contributed by atoms with Crippen molar-refractivity contribution in [1.29, 1.82) is 0 Å². The maximum atomic E-state index is 12.5. The lowest BCUT2D eigenvalue weighted by Gasteiger charge is -2.36. The SMILES string of the molecule is CN(Cc1noc2ccc(Cl)cc12)C1CCN(C(=O)c2cccnc2)CC1. The average Bonchev–Trinajstić information content (AvgIpc) is 3.10. The zero-order valence-corrected chi connectivity index (χ0v) is 15.9. The van der Waals surface area contributed by atoms with Gasteiger partial charge in [0.2, 0.25) is 0 Å². The van der Waals surface area contributed by atoms with E-state index in [9.17, 15) is 4.79 Å². The lowest BCUT2D eigenvalue weighted by Crippen LogP contribution is -2.45. The topological polar surface area (TPSA) is 62.5 Å². The zero-order valence-electron chi connectivity index (χ0n) is 15.1. The molecule has 0 unspecified atom stereocenters. The van der Waals surface area contributed by atoms with Crippen molar-refractivity contribution in [2.75, 3.05) is 20.1 Å². The van der Waals surface area contributed by atoms with E-state index >= 15 is 0 Å². The van der Waals surface area contributed by atoms with Crippen LogP contribution in [0.2, 0.25) is 5.02 Å². The normalized spacial score (nSPS) is 15.6.